The number of carboxylic acids is 1. The first-order valence-corrected chi connectivity index (χ1v) is 11.7. The third-order valence-electron chi connectivity index (χ3n) is 5.23. The molecular weight excluding hydrogens is 476 g/mol. The van der Waals surface area contributed by atoms with Crippen molar-refractivity contribution in [2.24, 2.45) is 4.99 Å². The Bertz CT molecular complexity index is 1480. The van der Waals surface area contributed by atoms with Crippen LogP contribution in [0.2, 0.25) is 5.02 Å². The number of benzene rings is 2. The summed E-state index contributed by atoms with van der Waals surface area (Å²) in [6.45, 7) is 5.24. The van der Waals surface area contributed by atoms with Crippen molar-refractivity contribution in [3.05, 3.63) is 101 Å². The van der Waals surface area contributed by atoms with E-state index in [0.717, 1.165) is 0 Å². The van der Waals surface area contributed by atoms with Crippen LogP contribution in [0.5, 0.6) is 0 Å². The van der Waals surface area contributed by atoms with E-state index in [9.17, 15) is 14.4 Å². The van der Waals surface area contributed by atoms with Gasteiger partial charge in [0.15, 0.2) is 4.80 Å². The lowest BCUT2D eigenvalue weighted by Crippen LogP contribution is -2.40. The number of aromatic carboxylic acids is 1. The molecule has 1 aliphatic rings. The van der Waals surface area contributed by atoms with E-state index < -0.39 is 18.0 Å². The maximum atomic E-state index is 13.5. The summed E-state index contributed by atoms with van der Waals surface area (Å²) in [6.07, 6.45) is 1.34. The van der Waals surface area contributed by atoms with E-state index in [4.69, 9.17) is 21.4 Å². The van der Waals surface area contributed by atoms with Crippen LogP contribution >= 0.6 is 22.9 Å². The molecule has 0 bridgehead atoms. The Kier molecular flexibility index (Phi) is 6.54. The predicted molar refractivity (Wildman–Crippen MR) is 130 cm³/mol. The molecule has 0 saturated carbocycles. The fraction of sp³-hybridized carbons (Fsp3) is 0.200. The molecule has 0 spiro atoms. The van der Waals surface area contributed by atoms with Crippen molar-refractivity contribution in [3.8, 4) is 0 Å². The predicted octanol–water partition coefficient (Wildman–Crippen LogP) is 3.54. The molecule has 0 unspecified atom stereocenters. The van der Waals surface area contributed by atoms with Gasteiger partial charge in [-0.3, -0.25) is 9.36 Å². The van der Waals surface area contributed by atoms with E-state index in [0.29, 0.717) is 36.8 Å². The molecule has 34 heavy (non-hydrogen) atoms. The van der Waals surface area contributed by atoms with Crippen molar-refractivity contribution in [1.82, 2.24) is 4.57 Å². The molecular formula is C25H21ClN2O5S. The van der Waals surface area contributed by atoms with E-state index in [1.165, 1.54) is 28.0 Å². The van der Waals surface area contributed by atoms with E-state index in [2.05, 4.69) is 4.99 Å². The van der Waals surface area contributed by atoms with Gasteiger partial charge in [-0.15, -0.1) is 0 Å². The molecule has 2 heterocycles. The number of rotatable bonds is 5. The Balaban J connectivity index is 1.90. The molecule has 7 nitrogen and oxygen atoms in total. The summed E-state index contributed by atoms with van der Waals surface area (Å²) in [5.74, 6) is -1.56. The normalized spacial score (nSPS) is 15.8. The Morgan fingerprint density at radius 1 is 1.15 bits per heavy atom. The summed E-state index contributed by atoms with van der Waals surface area (Å²) in [4.78, 5) is 42.7. The molecule has 9 heteroatoms. The maximum absolute atomic E-state index is 13.5. The highest BCUT2D eigenvalue weighted by molar-refractivity contribution is 7.07. The molecule has 1 aliphatic heterocycles. The van der Waals surface area contributed by atoms with Crippen molar-refractivity contribution in [1.29, 1.82) is 0 Å². The average molecular weight is 497 g/mol. The summed E-state index contributed by atoms with van der Waals surface area (Å²) in [5.41, 5.74) is 1.99. The van der Waals surface area contributed by atoms with Gasteiger partial charge in [0.25, 0.3) is 5.56 Å². The lowest BCUT2D eigenvalue weighted by atomic mass is 9.96. The van der Waals surface area contributed by atoms with Crippen molar-refractivity contribution in [2.75, 3.05) is 0 Å². The molecule has 1 atom stereocenters. The topological polar surface area (TPSA) is 98.0 Å². The highest BCUT2D eigenvalue weighted by Crippen LogP contribution is 2.31. The number of nitrogens with zero attached hydrogens (tertiary/aromatic N) is 2. The van der Waals surface area contributed by atoms with Crippen LogP contribution in [0.3, 0.4) is 0 Å². The van der Waals surface area contributed by atoms with Crippen LogP contribution in [-0.4, -0.2) is 27.7 Å². The van der Waals surface area contributed by atoms with Crippen LogP contribution < -0.4 is 14.9 Å². The first kappa shape index (κ1) is 23.7. The summed E-state index contributed by atoms with van der Waals surface area (Å²) in [5, 5.41) is 9.63. The largest absolute Gasteiger partial charge is 0.478 e. The molecule has 0 aliphatic carbocycles. The van der Waals surface area contributed by atoms with Gasteiger partial charge in [-0.25, -0.2) is 14.6 Å². The summed E-state index contributed by atoms with van der Waals surface area (Å²) in [6, 6.07) is 12.5. The van der Waals surface area contributed by atoms with Crippen molar-refractivity contribution in [3.63, 3.8) is 0 Å². The Morgan fingerprint density at radius 3 is 2.38 bits per heavy atom. The number of halogens is 1. The van der Waals surface area contributed by atoms with Crippen molar-refractivity contribution >= 4 is 41.0 Å². The minimum atomic E-state index is -1.02. The Morgan fingerprint density at radius 2 is 1.79 bits per heavy atom. The van der Waals surface area contributed by atoms with Gasteiger partial charge in [0.05, 0.1) is 33.5 Å². The lowest BCUT2D eigenvalue weighted by molar-refractivity contribution is -0.143. The van der Waals surface area contributed by atoms with Crippen LogP contribution in [0.4, 0.5) is 0 Å². The van der Waals surface area contributed by atoms with Crippen LogP contribution in [0.25, 0.3) is 6.08 Å². The van der Waals surface area contributed by atoms with Gasteiger partial charge in [0.2, 0.25) is 0 Å². The number of aromatic nitrogens is 1. The fourth-order valence-electron chi connectivity index (χ4n) is 3.69. The highest BCUT2D eigenvalue weighted by Gasteiger charge is 2.33. The van der Waals surface area contributed by atoms with E-state index in [1.54, 1.807) is 63.2 Å². The van der Waals surface area contributed by atoms with E-state index in [1.807, 2.05) is 0 Å². The van der Waals surface area contributed by atoms with Crippen LogP contribution in [0, 0.1) is 0 Å². The number of allylic oxidation sites excluding steroid dienone is 1. The second kappa shape index (κ2) is 9.40. The number of hydrogen-bond donors (Lipinski definition) is 1. The van der Waals surface area contributed by atoms with Gasteiger partial charge in [0, 0.05) is 5.02 Å². The van der Waals surface area contributed by atoms with Gasteiger partial charge < -0.3 is 9.84 Å². The number of thiazole rings is 1. The van der Waals surface area contributed by atoms with Gasteiger partial charge in [-0.05, 0) is 62.2 Å². The quantitative estimate of drug-likeness (QED) is 0.545. The highest BCUT2D eigenvalue weighted by atomic mass is 35.5. The Hall–Kier alpha value is -3.49. The molecule has 174 valence electrons. The van der Waals surface area contributed by atoms with Crippen molar-refractivity contribution < 1.29 is 19.4 Å². The van der Waals surface area contributed by atoms with Gasteiger partial charge in [-0.1, -0.05) is 47.2 Å². The number of esters is 1. The third kappa shape index (κ3) is 4.60. The van der Waals surface area contributed by atoms with E-state index in [-0.39, 0.29) is 17.2 Å². The molecule has 0 saturated heterocycles. The molecule has 2 aromatic carbocycles. The molecule has 0 fully saturated rings. The van der Waals surface area contributed by atoms with Crippen molar-refractivity contribution in [2.45, 2.75) is 32.9 Å². The SMILES string of the molecule is CC1=C(C(=O)OC(C)C)[C@H](c2ccc(Cl)cc2)n2c(s/c(=C/c3ccc(C(=O)O)cc3)c2=O)=N1. The zero-order chi connectivity index (χ0) is 24.6. The maximum Gasteiger partial charge on any atom is 0.338 e. The summed E-state index contributed by atoms with van der Waals surface area (Å²) < 4.78 is 7.38. The summed E-state index contributed by atoms with van der Waals surface area (Å²) >= 11 is 7.27. The zero-order valence-corrected chi connectivity index (χ0v) is 20.2. The second-order valence-electron chi connectivity index (χ2n) is 8.01. The molecule has 3 aromatic rings. The Labute approximate surface area is 203 Å². The summed E-state index contributed by atoms with van der Waals surface area (Å²) in [7, 11) is 0. The minimum absolute atomic E-state index is 0.158. The molecule has 4 rings (SSSR count). The first-order valence-electron chi connectivity index (χ1n) is 10.5. The van der Waals surface area contributed by atoms with Crippen LogP contribution in [0.1, 0.15) is 48.3 Å². The number of carbonyl (C=O) groups is 2. The number of ether oxygens (including phenoxy) is 1. The molecule has 0 radical (unpaired) electrons. The van der Waals surface area contributed by atoms with E-state index >= 15 is 0 Å². The lowest BCUT2D eigenvalue weighted by Gasteiger charge is -2.25. The van der Waals surface area contributed by atoms with Gasteiger partial charge in [0.1, 0.15) is 0 Å². The fourth-order valence-corrected chi connectivity index (χ4v) is 4.87. The van der Waals surface area contributed by atoms with Crippen LogP contribution in [0.15, 0.2) is 69.6 Å². The molecule has 0 amide bonds. The van der Waals surface area contributed by atoms with Crippen LogP contribution in [-0.2, 0) is 9.53 Å². The average Bonchev–Trinajstić information content (AvgIpc) is 3.07. The molecule has 1 aromatic heterocycles. The third-order valence-corrected chi connectivity index (χ3v) is 6.46. The monoisotopic (exact) mass is 496 g/mol. The second-order valence-corrected chi connectivity index (χ2v) is 9.46. The molecule has 1 N–H and O–H groups in total. The standard InChI is InChI=1S/C25H21ClN2O5S/c1-13(2)33-24(32)20-14(3)27-25-28(21(20)16-8-10-18(26)11-9-16)22(29)19(34-25)12-15-4-6-17(7-5-15)23(30)31/h4-13,21H,1-3H3,(H,30,31)/b19-12+/t21-/m0/s1. The van der Waals surface area contributed by atoms with Gasteiger partial charge in [-0.2, -0.15) is 0 Å². The first-order chi connectivity index (χ1) is 16.2. The smallest absolute Gasteiger partial charge is 0.338 e. The number of carbonyl (C=O) groups excluding carboxylic acids is 1. The number of carboxylic acid groups (broad SMARTS) is 1. The van der Waals surface area contributed by atoms with Gasteiger partial charge >= 0.3 is 11.9 Å². The minimum Gasteiger partial charge on any atom is -0.478 e. The zero-order valence-electron chi connectivity index (χ0n) is 18.6. The number of fused-ring (bicyclic) bond motifs is 1. The number of hydrogen-bond acceptors (Lipinski definition) is 6.